The van der Waals surface area contributed by atoms with Crippen molar-refractivity contribution in [1.82, 2.24) is 9.80 Å². The van der Waals surface area contributed by atoms with Gasteiger partial charge in [0.25, 0.3) is 15.9 Å². The summed E-state index contributed by atoms with van der Waals surface area (Å²) in [5.41, 5.74) is 1.44. The number of anilines is 1. The number of halogens is 1. The van der Waals surface area contributed by atoms with E-state index < -0.39 is 21.9 Å². The number of amides is 1. The van der Waals surface area contributed by atoms with E-state index in [4.69, 9.17) is 9.47 Å². The molecule has 0 saturated heterocycles. The first-order chi connectivity index (χ1) is 19.5. The summed E-state index contributed by atoms with van der Waals surface area (Å²) in [7, 11) is -0.412. The molecule has 1 aliphatic heterocycles. The third-order valence-corrected chi connectivity index (χ3v) is 8.54. The smallest absolute Gasteiger partial charge is 0.261 e. The Balaban J connectivity index is 1.61. The Hall–Kier alpha value is -3.67. The van der Waals surface area contributed by atoms with Gasteiger partial charge < -0.3 is 19.5 Å². The molecule has 1 heterocycles. The van der Waals surface area contributed by atoms with Crippen molar-refractivity contribution >= 4 is 21.6 Å². The van der Waals surface area contributed by atoms with Crippen molar-refractivity contribution < 1.29 is 32.2 Å². The Morgan fingerprint density at radius 2 is 1.83 bits per heavy atom. The van der Waals surface area contributed by atoms with Crippen LogP contribution < -0.4 is 14.2 Å². The van der Waals surface area contributed by atoms with Crippen LogP contribution in [0.25, 0.3) is 0 Å². The zero-order valence-electron chi connectivity index (χ0n) is 23.6. The zero-order chi connectivity index (χ0) is 29.7. The number of methoxy groups -OCH3 is 1. The van der Waals surface area contributed by atoms with Crippen LogP contribution >= 0.6 is 0 Å². The Labute approximate surface area is 240 Å². The maximum Gasteiger partial charge on any atom is 0.261 e. The van der Waals surface area contributed by atoms with Crippen molar-refractivity contribution in [1.29, 1.82) is 0 Å². The quantitative estimate of drug-likeness (QED) is 0.371. The molecule has 220 valence electrons. The average molecular weight is 586 g/mol. The van der Waals surface area contributed by atoms with E-state index in [0.29, 0.717) is 25.4 Å². The molecule has 0 spiro atoms. The van der Waals surface area contributed by atoms with Crippen molar-refractivity contribution in [2.45, 2.75) is 37.4 Å². The Morgan fingerprint density at radius 3 is 2.46 bits per heavy atom. The van der Waals surface area contributed by atoms with Crippen LogP contribution in [0, 0.1) is 11.7 Å². The predicted molar refractivity (Wildman–Crippen MR) is 154 cm³/mol. The lowest BCUT2D eigenvalue weighted by Gasteiger charge is -2.38. The van der Waals surface area contributed by atoms with Gasteiger partial charge >= 0.3 is 0 Å². The molecule has 41 heavy (non-hydrogen) atoms. The first-order valence-electron chi connectivity index (χ1n) is 13.3. The van der Waals surface area contributed by atoms with E-state index in [1.165, 1.54) is 24.3 Å². The third-order valence-electron chi connectivity index (χ3n) is 7.14. The van der Waals surface area contributed by atoms with E-state index in [9.17, 15) is 22.7 Å². The molecule has 11 heteroatoms. The van der Waals surface area contributed by atoms with E-state index in [2.05, 4.69) is 9.62 Å². The van der Waals surface area contributed by atoms with Gasteiger partial charge in [0.15, 0.2) is 0 Å². The molecule has 9 nitrogen and oxygen atoms in total. The van der Waals surface area contributed by atoms with E-state index in [1.807, 2.05) is 38.2 Å². The highest BCUT2D eigenvalue weighted by molar-refractivity contribution is 7.92. The molecule has 3 atom stereocenters. The molecule has 0 saturated carbocycles. The van der Waals surface area contributed by atoms with Crippen molar-refractivity contribution in [3.05, 3.63) is 83.7 Å². The number of sulfonamides is 1. The minimum atomic E-state index is -4.03. The third kappa shape index (κ3) is 7.35. The van der Waals surface area contributed by atoms with Crippen LogP contribution in [0.1, 0.15) is 29.8 Å². The summed E-state index contributed by atoms with van der Waals surface area (Å²) in [5, 5.41) is 9.91. The second-order valence-corrected chi connectivity index (χ2v) is 12.1. The summed E-state index contributed by atoms with van der Waals surface area (Å²) < 4.78 is 53.2. The molecule has 4 rings (SSSR count). The normalized spacial score (nSPS) is 18.2. The van der Waals surface area contributed by atoms with Gasteiger partial charge in [-0.25, -0.2) is 12.8 Å². The molecular weight excluding hydrogens is 549 g/mol. The van der Waals surface area contributed by atoms with E-state index >= 15 is 0 Å². The van der Waals surface area contributed by atoms with E-state index in [-0.39, 0.29) is 40.7 Å². The van der Waals surface area contributed by atoms with Gasteiger partial charge in [-0.3, -0.25) is 14.4 Å². The molecule has 3 aromatic rings. The number of aliphatic hydroxyl groups excluding tert-OH is 1. The number of ether oxygens (including phenoxy) is 2. The monoisotopic (exact) mass is 585 g/mol. The maximum absolute atomic E-state index is 13.7. The van der Waals surface area contributed by atoms with Gasteiger partial charge in [0.1, 0.15) is 23.4 Å². The first-order valence-corrected chi connectivity index (χ1v) is 14.8. The highest BCUT2D eigenvalue weighted by Gasteiger charge is 2.33. The summed E-state index contributed by atoms with van der Waals surface area (Å²) in [4.78, 5) is 17.3. The molecule has 2 N–H and O–H groups in total. The van der Waals surface area contributed by atoms with Crippen molar-refractivity contribution in [2.75, 3.05) is 38.6 Å². The van der Waals surface area contributed by atoms with Gasteiger partial charge in [-0.2, -0.15) is 0 Å². The SMILES string of the molecule is COc1ccc(CN(C)C[C@H]2Oc3ccc(NS(=O)(=O)c4ccc(F)cc4)cc3C(=O)N([C@@H](C)CO)C[C@H]2C)cc1. The number of nitrogens with one attached hydrogen (secondary N) is 1. The van der Waals surface area contributed by atoms with Crippen LogP contribution in [0.4, 0.5) is 10.1 Å². The molecule has 0 radical (unpaired) electrons. The summed E-state index contributed by atoms with van der Waals surface area (Å²) >= 11 is 0. The first kappa shape index (κ1) is 30.3. The van der Waals surface area contributed by atoms with E-state index in [0.717, 1.165) is 23.4 Å². The van der Waals surface area contributed by atoms with Crippen LogP contribution in [-0.4, -0.2) is 75.2 Å². The fraction of sp³-hybridized carbons (Fsp3) is 0.367. The Bertz CT molecular complexity index is 1450. The Kier molecular flexibility index (Phi) is 9.52. The summed E-state index contributed by atoms with van der Waals surface area (Å²) in [5.74, 6) is 0.109. The molecule has 0 aromatic heterocycles. The van der Waals surface area contributed by atoms with Gasteiger partial charge in [0.05, 0.1) is 30.2 Å². The van der Waals surface area contributed by atoms with Crippen LogP contribution in [0.2, 0.25) is 0 Å². The number of carbonyl (C=O) groups excluding carboxylic acids is 1. The Morgan fingerprint density at radius 1 is 1.15 bits per heavy atom. The molecule has 0 unspecified atom stereocenters. The predicted octanol–water partition coefficient (Wildman–Crippen LogP) is 3.99. The van der Waals surface area contributed by atoms with Crippen LogP contribution in [-0.2, 0) is 16.6 Å². The highest BCUT2D eigenvalue weighted by atomic mass is 32.2. The summed E-state index contributed by atoms with van der Waals surface area (Å²) in [6, 6.07) is 16.4. The number of aliphatic hydroxyl groups is 1. The highest BCUT2D eigenvalue weighted by Crippen LogP contribution is 2.31. The maximum atomic E-state index is 13.7. The fourth-order valence-electron chi connectivity index (χ4n) is 4.75. The van der Waals surface area contributed by atoms with Gasteiger partial charge in [0, 0.05) is 31.2 Å². The largest absolute Gasteiger partial charge is 0.497 e. The number of nitrogens with zero attached hydrogens (tertiary/aromatic N) is 2. The lowest BCUT2D eigenvalue weighted by atomic mass is 9.99. The number of hydrogen-bond donors (Lipinski definition) is 2. The molecule has 0 aliphatic carbocycles. The lowest BCUT2D eigenvalue weighted by Crippen LogP contribution is -2.49. The molecule has 3 aromatic carbocycles. The molecule has 1 aliphatic rings. The number of carbonyl (C=O) groups is 1. The summed E-state index contributed by atoms with van der Waals surface area (Å²) in [6.45, 7) is 5.11. The van der Waals surface area contributed by atoms with Crippen molar-refractivity contribution in [3.8, 4) is 11.5 Å². The number of benzene rings is 3. The number of fused-ring (bicyclic) bond motifs is 1. The fourth-order valence-corrected chi connectivity index (χ4v) is 5.80. The molecule has 0 bridgehead atoms. The van der Waals surface area contributed by atoms with Crippen LogP contribution in [0.5, 0.6) is 11.5 Å². The number of hydrogen-bond acceptors (Lipinski definition) is 7. The zero-order valence-corrected chi connectivity index (χ0v) is 24.4. The van der Waals surface area contributed by atoms with Crippen molar-refractivity contribution in [3.63, 3.8) is 0 Å². The number of rotatable bonds is 10. The second-order valence-electron chi connectivity index (χ2n) is 10.4. The topological polar surface area (TPSA) is 108 Å². The van der Waals surface area contributed by atoms with E-state index in [1.54, 1.807) is 25.0 Å². The van der Waals surface area contributed by atoms with Crippen LogP contribution in [0.15, 0.2) is 71.6 Å². The van der Waals surface area contributed by atoms with Crippen LogP contribution in [0.3, 0.4) is 0 Å². The average Bonchev–Trinajstić information content (AvgIpc) is 2.95. The second kappa shape index (κ2) is 12.9. The molecule has 0 fully saturated rings. The van der Waals surface area contributed by atoms with Gasteiger partial charge in [-0.05, 0) is 74.1 Å². The standard InChI is InChI=1S/C30H36FN3O6S/c1-20-16-34(21(2)19-35)30(36)27-15-24(32-41(37,38)26-12-7-23(31)8-13-26)9-14-28(27)40-29(20)18-33(3)17-22-5-10-25(39-4)11-6-22/h5-15,20-21,29,32,35H,16-19H2,1-4H3/t20-,21+,29-/m1/s1. The summed E-state index contributed by atoms with van der Waals surface area (Å²) in [6.07, 6.45) is -0.305. The number of likely N-dealkylation sites (N-methyl/N-ethyl adjacent to an activating group) is 1. The van der Waals surface area contributed by atoms with Gasteiger partial charge in [-0.15, -0.1) is 0 Å². The minimum Gasteiger partial charge on any atom is -0.497 e. The van der Waals surface area contributed by atoms with Gasteiger partial charge in [-0.1, -0.05) is 19.1 Å². The minimum absolute atomic E-state index is 0.0731. The molecule has 1 amide bonds. The van der Waals surface area contributed by atoms with Crippen molar-refractivity contribution in [2.24, 2.45) is 5.92 Å². The lowest BCUT2D eigenvalue weighted by molar-refractivity contribution is 0.0341. The van der Waals surface area contributed by atoms with Gasteiger partial charge in [0.2, 0.25) is 0 Å². The molecular formula is C30H36FN3O6S.